The molecule has 1 saturated heterocycles. The maximum absolute atomic E-state index is 13.5. The minimum atomic E-state index is -2.59. The van der Waals surface area contributed by atoms with Gasteiger partial charge in [-0.15, -0.1) is 0 Å². The minimum Gasteiger partial charge on any atom is -0.508 e. The second kappa shape index (κ2) is 8.59. The van der Waals surface area contributed by atoms with Crippen LogP contribution in [0, 0.1) is 0 Å². The Kier molecular flexibility index (Phi) is 5.87. The fraction of sp³-hybridized carbons (Fsp3) is 0.333. The van der Waals surface area contributed by atoms with Crippen molar-refractivity contribution in [3.05, 3.63) is 65.4 Å². The van der Waals surface area contributed by atoms with Crippen LogP contribution in [0.2, 0.25) is 0 Å². The van der Waals surface area contributed by atoms with E-state index in [4.69, 9.17) is 0 Å². The number of pyridine rings is 1. The van der Waals surface area contributed by atoms with Crippen LogP contribution < -0.4 is 4.90 Å². The first-order valence-corrected chi connectivity index (χ1v) is 10.3. The van der Waals surface area contributed by atoms with Crippen LogP contribution in [-0.2, 0) is 13.1 Å². The Balaban J connectivity index is 1.67. The van der Waals surface area contributed by atoms with Gasteiger partial charge in [-0.3, -0.25) is 14.7 Å². The molecule has 5 nitrogen and oxygen atoms in total. The summed E-state index contributed by atoms with van der Waals surface area (Å²) in [7, 11) is 1.89. The highest BCUT2D eigenvalue weighted by molar-refractivity contribution is 5.93. The molecule has 1 aliphatic heterocycles. The van der Waals surface area contributed by atoms with Crippen molar-refractivity contribution in [2.45, 2.75) is 31.9 Å². The van der Waals surface area contributed by atoms with E-state index in [1.54, 1.807) is 24.4 Å². The van der Waals surface area contributed by atoms with E-state index in [1.807, 2.05) is 41.1 Å². The second-order valence-corrected chi connectivity index (χ2v) is 8.13. The van der Waals surface area contributed by atoms with Crippen molar-refractivity contribution in [3.63, 3.8) is 0 Å². The van der Waals surface area contributed by atoms with E-state index in [2.05, 4.69) is 4.98 Å². The summed E-state index contributed by atoms with van der Waals surface area (Å²) in [5.41, 5.74) is 3.80. The number of likely N-dealkylation sites (tertiary alicyclic amines) is 1. The van der Waals surface area contributed by atoms with Crippen LogP contribution in [-0.4, -0.2) is 47.3 Å². The highest BCUT2D eigenvalue weighted by Gasteiger charge is 2.34. The lowest BCUT2D eigenvalue weighted by molar-refractivity contribution is -0.0565. The minimum absolute atomic E-state index is 0.142. The summed E-state index contributed by atoms with van der Waals surface area (Å²) < 4.78 is 27.0. The molecule has 3 aromatic rings. The van der Waals surface area contributed by atoms with Gasteiger partial charge >= 0.3 is 0 Å². The number of rotatable bonds is 6. The predicted octanol–water partition coefficient (Wildman–Crippen LogP) is 4.62. The molecule has 31 heavy (non-hydrogen) atoms. The molecule has 0 unspecified atom stereocenters. The van der Waals surface area contributed by atoms with Crippen molar-refractivity contribution in [2.24, 2.45) is 0 Å². The number of aromatic hydroxyl groups is 1. The molecule has 7 heteroatoms. The van der Waals surface area contributed by atoms with Gasteiger partial charge in [0, 0.05) is 80.5 Å². The zero-order valence-corrected chi connectivity index (χ0v) is 17.4. The monoisotopic (exact) mass is 425 g/mol. The molecule has 0 bridgehead atoms. The zero-order valence-electron chi connectivity index (χ0n) is 17.4. The lowest BCUT2D eigenvalue weighted by Gasteiger charge is -2.32. The van der Waals surface area contributed by atoms with Gasteiger partial charge in [-0.1, -0.05) is 12.1 Å². The molecule has 0 spiro atoms. The molecule has 0 radical (unpaired) electrons. The summed E-state index contributed by atoms with van der Waals surface area (Å²) in [5.74, 6) is -2.42. The molecule has 1 N–H and O–H groups in total. The number of phenols is 1. The lowest BCUT2D eigenvalue weighted by Crippen LogP contribution is -2.38. The zero-order chi connectivity index (χ0) is 22.0. The molecule has 0 atom stereocenters. The number of carbonyl (C=O) groups is 1. The molecule has 0 saturated carbocycles. The summed E-state index contributed by atoms with van der Waals surface area (Å²) in [5, 5.41) is 10.7. The van der Waals surface area contributed by atoms with Gasteiger partial charge in [0.25, 0.3) is 5.92 Å². The third-order valence-electron chi connectivity index (χ3n) is 5.89. The molecule has 1 aromatic heterocycles. The Morgan fingerprint density at radius 3 is 2.68 bits per heavy atom. The smallest absolute Gasteiger partial charge is 0.250 e. The SMILES string of the molecule is CN(Cc1c(C=O)cc(CN2CCC(F)(F)CC2)c2cccnc12)c1cccc(O)c1. The average molecular weight is 425 g/mol. The average Bonchev–Trinajstić information content (AvgIpc) is 2.76. The number of fused-ring (bicyclic) bond motifs is 1. The van der Waals surface area contributed by atoms with E-state index in [9.17, 15) is 18.7 Å². The van der Waals surface area contributed by atoms with Gasteiger partial charge in [0.15, 0.2) is 0 Å². The van der Waals surface area contributed by atoms with Crippen molar-refractivity contribution < 1.29 is 18.7 Å². The fourth-order valence-corrected chi connectivity index (χ4v) is 4.13. The van der Waals surface area contributed by atoms with Crippen molar-refractivity contribution >= 4 is 22.9 Å². The van der Waals surface area contributed by atoms with E-state index >= 15 is 0 Å². The number of aromatic nitrogens is 1. The van der Waals surface area contributed by atoms with Crippen molar-refractivity contribution in [2.75, 3.05) is 25.0 Å². The molecule has 1 fully saturated rings. The Morgan fingerprint density at radius 1 is 1.19 bits per heavy atom. The topological polar surface area (TPSA) is 56.7 Å². The van der Waals surface area contributed by atoms with Crippen LogP contribution in [0.15, 0.2) is 48.7 Å². The van der Waals surface area contributed by atoms with Gasteiger partial charge in [-0.2, -0.15) is 0 Å². The van der Waals surface area contributed by atoms with Crippen LogP contribution in [0.25, 0.3) is 10.9 Å². The number of benzene rings is 2. The number of carbonyl (C=O) groups excluding carboxylic acids is 1. The van der Waals surface area contributed by atoms with Crippen LogP contribution in [0.3, 0.4) is 0 Å². The number of hydrogen-bond acceptors (Lipinski definition) is 5. The van der Waals surface area contributed by atoms with Crippen LogP contribution in [0.1, 0.15) is 34.3 Å². The Morgan fingerprint density at radius 2 is 1.97 bits per heavy atom. The van der Waals surface area contributed by atoms with Gasteiger partial charge in [0.1, 0.15) is 12.0 Å². The molecule has 2 heterocycles. The summed E-state index contributed by atoms with van der Waals surface area (Å²) in [4.78, 5) is 20.5. The number of piperidine rings is 1. The standard InChI is InChI=1S/C24H25F2N3O2/c1-28(19-4-2-5-20(31)13-19)15-22-18(16-30)12-17(21-6-3-9-27-23(21)22)14-29-10-7-24(25,26)8-11-29/h2-6,9,12-13,16,31H,7-8,10-11,14-15H2,1H3. The summed E-state index contributed by atoms with van der Waals surface area (Å²) in [6, 6.07) is 12.6. The number of hydrogen-bond donors (Lipinski definition) is 1. The first-order chi connectivity index (χ1) is 14.9. The van der Waals surface area contributed by atoms with E-state index in [0.29, 0.717) is 31.7 Å². The van der Waals surface area contributed by atoms with Gasteiger partial charge in [0.2, 0.25) is 0 Å². The van der Waals surface area contributed by atoms with Crippen LogP contribution in [0.5, 0.6) is 5.75 Å². The number of halogens is 2. The summed E-state index contributed by atoms with van der Waals surface area (Å²) in [6.07, 6.45) is 2.24. The maximum atomic E-state index is 13.5. The molecule has 162 valence electrons. The van der Waals surface area contributed by atoms with Gasteiger partial charge in [0.05, 0.1) is 5.52 Å². The third kappa shape index (κ3) is 4.66. The first-order valence-electron chi connectivity index (χ1n) is 10.3. The van der Waals surface area contributed by atoms with E-state index in [1.165, 1.54) is 0 Å². The van der Waals surface area contributed by atoms with Gasteiger partial charge in [-0.05, 0) is 29.8 Å². The normalized spacial score (nSPS) is 16.4. The van der Waals surface area contributed by atoms with Crippen molar-refractivity contribution in [1.82, 2.24) is 9.88 Å². The van der Waals surface area contributed by atoms with Crippen LogP contribution >= 0.6 is 0 Å². The van der Waals surface area contributed by atoms with Gasteiger partial charge < -0.3 is 10.0 Å². The molecular weight excluding hydrogens is 400 g/mol. The molecular formula is C24H25F2N3O2. The van der Waals surface area contributed by atoms with Gasteiger partial charge in [-0.25, -0.2) is 8.78 Å². The molecule has 0 aliphatic carbocycles. The number of aldehydes is 1. The van der Waals surface area contributed by atoms with Crippen molar-refractivity contribution in [3.8, 4) is 5.75 Å². The van der Waals surface area contributed by atoms with E-state index < -0.39 is 5.92 Å². The number of anilines is 1. The predicted molar refractivity (Wildman–Crippen MR) is 117 cm³/mol. The second-order valence-electron chi connectivity index (χ2n) is 8.13. The molecule has 2 aromatic carbocycles. The molecule has 1 aliphatic rings. The molecule has 0 amide bonds. The number of nitrogens with zero attached hydrogens (tertiary/aromatic N) is 3. The number of alkyl halides is 2. The quantitative estimate of drug-likeness (QED) is 0.584. The summed E-state index contributed by atoms with van der Waals surface area (Å²) in [6.45, 7) is 1.59. The Bertz CT molecular complexity index is 1090. The maximum Gasteiger partial charge on any atom is 0.250 e. The lowest BCUT2D eigenvalue weighted by atomic mass is 9.96. The third-order valence-corrected chi connectivity index (χ3v) is 5.89. The van der Waals surface area contributed by atoms with E-state index in [-0.39, 0.29) is 18.6 Å². The summed E-state index contributed by atoms with van der Waals surface area (Å²) >= 11 is 0. The number of phenolic OH excluding ortho intramolecular Hbond substituents is 1. The first kappa shape index (κ1) is 21.2. The largest absolute Gasteiger partial charge is 0.508 e. The highest BCUT2D eigenvalue weighted by Crippen LogP contribution is 2.31. The Hall–Kier alpha value is -3.06. The van der Waals surface area contributed by atoms with Crippen LogP contribution in [0.4, 0.5) is 14.5 Å². The highest BCUT2D eigenvalue weighted by atomic mass is 19.3. The Labute approximate surface area is 179 Å². The fourth-order valence-electron chi connectivity index (χ4n) is 4.13. The van der Waals surface area contributed by atoms with E-state index in [0.717, 1.165) is 34.0 Å². The van der Waals surface area contributed by atoms with Crippen molar-refractivity contribution in [1.29, 1.82) is 0 Å². The molecule has 4 rings (SSSR count).